The fourth-order valence-electron chi connectivity index (χ4n) is 9.13. The van der Waals surface area contributed by atoms with E-state index in [0.717, 1.165) is 29.6 Å². The van der Waals surface area contributed by atoms with Crippen LogP contribution < -0.4 is 0 Å². The molecule has 0 nitrogen and oxygen atoms in total. The van der Waals surface area contributed by atoms with Crippen LogP contribution in [0, 0.1) is 29.6 Å². The van der Waals surface area contributed by atoms with Crippen LogP contribution in [-0.4, -0.2) is 0 Å². The van der Waals surface area contributed by atoms with Crippen LogP contribution in [0.1, 0.15) is 305 Å². The van der Waals surface area contributed by atoms with Crippen LogP contribution in [0.25, 0.3) is 0 Å². The summed E-state index contributed by atoms with van der Waals surface area (Å²) >= 11 is 0. The Bertz CT molecular complexity index is 716. The molecule has 324 valence electrons. The number of hydrogen-bond donors (Lipinski definition) is 0. The lowest BCUT2D eigenvalue weighted by atomic mass is 9.81. The summed E-state index contributed by atoms with van der Waals surface area (Å²) in [6.07, 6.45) is 57.8. The first-order valence-electron chi connectivity index (χ1n) is 25.9. The molecule has 3 unspecified atom stereocenters. The average molecular weight is 757 g/mol. The van der Waals surface area contributed by atoms with E-state index >= 15 is 0 Å². The van der Waals surface area contributed by atoms with Crippen LogP contribution in [0.2, 0.25) is 0 Å². The minimum Gasteiger partial charge on any atom is -0.0999 e. The summed E-state index contributed by atoms with van der Waals surface area (Å²) in [5.41, 5.74) is 1.52. The summed E-state index contributed by atoms with van der Waals surface area (Å²) in [6, 6.07) is 0. The minimum absolute atomic E-state index is 0.851. The second kappa shape index (κ2) is 42.3. The van der Waals surface area contributed by atoms with Gasteiger partial charge in [0.2, 0.25) is 0 Å². The standard InChI is InChI=1S/C54H108/c1-9-10-11-12-23-29-35-42-51(6)43-36-30-26-27-31-37-44-52(7)45-39-33-40-47-54(50(4)5)48-53(8)46-38-32-25-22-20-18-16-14-13-15-17-19-21-24-28-34-41-49(2)3/h49-50,52-54H,6,9-48H2,1-5,7-8H3. The van der Waals surface area contributed by atoms with E-state index in [0.29, 0.717) is 0 Å². The van der Waals surface area contributed by atoms with Crippen molar-refractivity contribution in [2.45, 2.75) is 305 Å². The Labute approximate surface area is 345 Å². The molecule has 0 aromatic heterocycles. The molecule has 0 aliphatic heterocycles. The summed E-state index contributed by atoms with van der Waals surface area (Å²) in [4.78, 5) is 0. The lowest BCUT2D eigenvalue weighted by Crippen LogP contribution is -2.13. The Morgan fingerprint density at radius 1 is 0.333 bits per heavy atom. The van der Waals surface area contributed by atoms with Gasteiger partial charge < -0.3 is 0 Å². The highest BCUT2D eigenvalue weighted by Gasteiger charge is 2.17. The van der Waals surface area contributed by atoms with Crippen LogP contribution in [0.15, 0.2) is 12.2 Å². The van der Waals surface area contributed by atoms with Crippen LogP contribution in [-0.2, 0) is 0 Å². The maximum atomic E-state index is 4.37. The SMILES string of the molecule is C=C(CCCCCCCCC)CCCCCCCCC(C)CCCCCC(CC(C)CCCCCCCCCCCCCCCCCCC(C)C)C(C)C. The maximum Gasteiger partial charge on any atom is -0.0323 e. The van der Waals surface area contributed by atoms with Gasteiger partial charge in [0.05, 0.1) is 0 Å². The summed E-state index contributed by atoms with van der Waals surface area (Å²) in [5.74, 6) is 4.54. The third-order valence-electron chi connectivity index (χ3n) is 13.3. The van der Waals surface area contributed by atoms with E-state index < -0.39 is 0 Å². The van der Waals surface area contributed by atoms with Crippen LogP contribution in [0.4, 0.5) is 0 Å². The van der Waals surface area contributed by atoms with Crippen LogP contribution >= 0.6 is 0 Å². The molecule has 0 saturated heterocycles. The van der Waals surface area contributed by atoms with Crippen molar-refractivity contribution in [3.05, 3.63) is 12.2 Å². The highest BCUT2D eigenvalue weighted by atomic mass is 14.2. The van der Waals surface area contributed by atoms with Gasteiger partial charge in [0.15, 0.2) is 0 Å². The van der Waals surface area contributed by atoms with E-state index in [2.05, 4.69) is 55.0 Å². The highest BCUT2D eigenvalue weighted by Crippen LogP contribution is 2.29. The third-order valence-corrected chi connectivity index (χ3v) is 13.3. The van der Waals surface area contributed by atoms with E-state index in [1.807, 2.05) is 0 Å². The summed E-state index contributed by atoms with van der Waals surface area (Å²) in [7, 11) is 0. The Balaban J connectivity index is 3.58. The summed E-state index contributed by atoms with van der Waals surface area (Å²) < 4.78 is 0. The zero-order valence-electron chi connectivity index (χ0n) is 39.4. The van der Waals surface area contributed by atoms with Gasteiger partial charge in [-0.15, -0.1) is 0 Å². The van der Waals surface area contributed by atoms with Crippen molar-refractivity contribution in [1.82, 2.24) is 0 Å². The first-order valence-corrected chi connectivity index (χ1v) is 25.9. The van der Waals surface area contributed by atoms with Gasteiger partial charge in [-0.3, -0.25) is 0 Å². The van der Waals surface area contributed by atoms with E-state index in [9.17, 15) is 0 Å². The molecule has 0 bridgehead atoms. The molecule has 0 aromatic rings. The molecule has 0 aliphatic rings. The topological polar surface area (TPSA) is 0 Å². The van der Waals surface area contributed by atoms with Crippen molar-refractivity contribution in [1.29, 1.82) is 0 Å². The van der Waals surface area contributed by atoms with Crippen molar-refractivity contribution >= 4 is 0 Å². The zero-order valence-corrected chi connectivity index (χ0v) is 39.4. The van der Waals surface area contributed by atoms with Crippen molar-refractivity contribution in [3.63, 3.8) is 0 Å². The molecule has 0 heterocycles. The van der Waals surface area contributed by atoms with Gasteiger partial charge in [-0.05, 0) is 61.7 Å². The van der Waals surface area contributed by atoms with E-state index in [-0.39, 0.29) is 0 Å². The van der Waals surface area contributed by atoms with Gasteiger partial charge in [0.1, 0.15) is 0 Å². The molecule has 0 rings (SSSR count). The molecular formula is C54H108. The molecule has 54 heavy (non-hydrogen) atoms. The average Bonchev–Trinajstić information content (AvgIpc) is 3.14. The van der Waals surface area contributed by atoms with E-state index in [4.69, 9.17) is 0 Å². The maximum absolute atomic E-state index is 4.37. The van der Waals surface area contributed by atoms with Crippen molar-refractivity contribution < 1.29 is 0 Å². The molecule has 0 amide bonds. The van der Waals surface area contributed by atoms with Crippen LogP contribution in [0.5, 0.6) is 0 Å². The first-order chi connectivity index (χ1) is 26.3. The van der Waals surface area contributed by atoms with Gasteiger partial charge in [-0.1, -0.05) is 285 Å². The Morgan fingerprint density at radius 3 is 1.00 bits per heavy atom. The molecular weight excluding hydrogens is 649 g/mol. The predicted octanol–water partition coefficient (Wildman–Crippen LogP) is 20.4. The summed E-state index contributed by atoms with van der Waals surface area (Å²) in [6.45, 7) is 21.4. The quantitative estimate of drug-likeness (QED) is 0.0429. The van der Waals surface area contributed by atoms with Gasteiger partial charge >= 0.3 is 0 Å². The monoisotopic (exact) mass is 757 g/mol. The van der Waals surface area contributed by atoms with Crippen molar-refractivity contribution in [2.24, 2.45) is 29.6 Å². The zero-order chi connectivity index (χ0) is 39.7. The fourth-order valence-corrected chi connectivity index (χ4v) is 9.13. The number of allylic oxidation sites excluding steroid dienone is 1. The molecule has 0 spiro atoms. The van der Waals surface area contributed by atoms with Crippen molar-refractivity contribution in [2.75, 3.05) is 0 Å². The Morgan fingerprint density at radius 2 is 0.630 bits per heavy atom. The fraction of sp³-hybridized carbons (Fsp3) is 0.963. The summed E-state index contributed by atoms with van der Waals surface area (Å²) in [5, 5.41) is 0. The smallest absolute Gasteiger partial charge is 0.0323 e. The van der Waals surface area contributed by atoms with Gasteiger partial charge in [0, 0.05) is 0 Å². The number of unbranched alkanes of at least 4 members (excludes halogenated alkanes) is 28. The Hall–Kier alpha value is -0.260. The van der Waals surface area contributed by atoms with Gasteiger partial charge in [-0.25, -0.2) is 0 Å². The molecule has 0 aromatic carbocycles. The molecule has 0 aliphatic carbocycles. The van der Waals surface area contributed by atoms with E-state index in [1.165, 1.54) is 262 Å². The molecule has 0 saturated carbocycles. The van der Waals surface area contributed by atoms with Gasteiger partial charge in [-0.2, -0.15) is 0 Å². The normalized spacial score (nSPS) is 13.6. The lowest BCUT2D eigenvalue weighted by molar-refractivity contribution is 0.269. The first kappa shape index (κ1) is 53.7. The molecule has 0 fully saturated rings. The van der Waals surface area contributed by atoms with Crippen molar-refractivity contribution in [3.8, 4) is 0 Å². The molecule has 0 radical (unpaired) electrons. The lowest BCUT2D eigenvalue weighted by Gasteiger charge is -2.24. The highest BCUT2D eigenvalue weighted by molar-refractivity contribution is 4.93. The number of rotatable bonds is 45. The minimum atomic E-state index is 0.851. The second-order valence-corrected chi connectivity index (χ2v) is 20.0. The second-order valence-electron chi connectivity index (χ2n) is 20.0. The third kappa shape index (κ3) is 41.4. The predicted molar refractivity (Wildman–Crippen MR) is 251 cm³/mol. The van der Waals surface area contributed by atoms with E-state index in [1.54, 1.807) is 0 Å². The van der Waals surface area contributed by atoms with Gasteiger partial charge in [0.25, 0.3) is 0 Å². The molecule has 3 atom stereocenters. The molecule has 0 N–H and O–H groups in total. The largest absolute Gasteiger partial charge is 0.0999 e. The van der Waals surface area contributed by atoms with Crippen LogP contribution in [0.3, 0.4) is 0 Å². The Kier molecular flexibility index (Phi) is 42.1. The molecule has 0 heteroatoms. The number of hydrogen-bond acceptors (Lipinski definition) is 0.